The van der Waals surface area contributed by atoms with E-state index in [9.17, 15) is 10.2 Å². The van der Waals surface area contributed by atoms with Crippen LogP contribution >= 0.6 is 0 Å². The van der Waals surface area contributed by atoms with Crippen LogP contribution in [0.5, 0.6) is 11.5 Å². The van der Waals surface area contributed by atoms with Crippen LogP contribution in [0.25, 0.3) is 0 Å². The number of carboxylic acid groups (broad SMARTS) is 4. The van der Waals surface area contributed by atoms with E-state index in [1.54, 1.807) is 30.9 Å². The van der Waals surface area contributed by atoms with E-state index in [-0.39, 0.29) is 85.2 Å². The fourth-order valence-electron chi connectivity index (χ4n) is 5.37. The number of rotatable bonds is 12. The summed E-state index contributed by atoms with van der Waals surface area (Å²) >= 11 is 0. The maximum Gasteiger partial charge on any atom is 2.00 e. The SMILES string of the molecule is CC#N.CC(=O)[O-].CC(=O)[O-].CC(=O)[O-].CC(=O)[O-].Cc1cc(C=NCc2ccccc2)c([O-])c(C=NCc2ccccc2)c1.Cc1cc(C=NCc2ccccc2)c([O-])c(C=NCc2ccccc2)c1.[Cu+2].[Cu+2].[Cu+2].[Cu+2].[O-2]. The van der Waals surface area contributed by atoms with E-state index in [1.807, 2.05) is 159 Å². The van der Waals surface area contributed by atoms with Crippen LogP contribution in [0.3, 0.4) is 0 Å². The third-order valence-corrected chi connectivity index (χ3v) is 7.97. The first kappa shape index (κ1) is 80.4. The van der Waals surface area contributed by atoms with Crippen LogP contribution in [0.4, 0.5) is 0 Å². The van der Waals surface area contributed by atoms with Crippen molar-refractivity contribution in [3.8, 4) is 17.6 Å². The summed E-state index contributed by atoms with van der Waals surface area (Å²) in [6.45, 7) is 11.5. The van der Waals surface area contributed by atoms with Gasteiger partial charge in [0.2, 0.25) is 0 Å². The van der Waals surface area contributed by atoms with Crippen molar-refractivity contribution in [3.05, 3.63) is 201 Å². The fraction of sp³-hybridized carbons (Fsp3) is 0.196. The van der Waals surface area contributed by atoms with Crippen molar-refractivity contribution in [1.29, 1.82) is 5.26 Å². The zero-order valence-corrected chi connectivity index (χ0v) is 46.2. The molecule has 0 amide bonds. The minimum absolute atomic E-state index is 0. The van der Waals surface area contributed by atoms with Crippen molar-refractivity contribution in [2.45, 2.75) is 74.6 Å². The van der Waals surface area contributed by atoms with E-state index in [1.165, 1.54) is 6.92 Å². The van der Waals surface area contributed by atoms with Crippen LogP contribution in [0.2, 0.25) is 0 Å². The Bertz CT molecular complexity index is 2310. The number of aliphatic carboxylic acids is 4. The maximum atomic E-state index is 12.6. The van der Waals surface area contributed by atoms with Crippen molar-refractivity contribution in [3.63, 3.8) is 0 Å². The predicted molar refractivity (Wildman–Crippen MR) is 267 cm³/mol. The van der Waals surface area contributed by atoms with E-state index >= 15 is 0 Å². The largest absolute Gasteiger partial charge is 2.00 e. The molecule has 0 aliphatic carbocycles. The molecule has 0 aromatic heterocycles. The van der Waals surface area contributed by atoms with Gasteiger partial charge in [-0.3, -0.25) is 20.0 Å². The Balaban J connectivity index is -0.000000230. The second kappa shape index (κ2) is 50.2. The number of hydrogen-bond acceptors (Lipinski definition) is 15. The average molecular weight is 1230 g/mol. The van der Waals surface area contributed by atoms with E-state index in [4.69, 9.17) is 44.9 Å². The van der Waals surface area contributed by atoms with Gasteiger partial charge in [0.15, 0.2) is 0 Å². The normalized spacial score (nSPS) is 9.24. The van der Waals surface area contributed by atoms with Crippen molar-refractivity contribution < 1.29 is 124 Å². The van der Waals surface area contributed by atoms with Gasteiger partial charge in [-0.2, -0.15) is 5.26 Å². The molecule has 4 radical (unpaired) electrons. The van der Waals surface area contributed by atoms with Crippen molar-refractivity contribution in [2.75, 3.05) is 0 Å². The smallest absolute Gasteiger partial charge is 2.00 e. The number of nitriles is 1. The molecule has 0 aliphatic rings. The minimum atomic E-state index is -1.08. The number of carbonyl (C=O) groups is 4. The minimum Gasteiger partial charge on any atom is -2.00 e. The van der Waals surface area contributed by atoms with Crippen LogP contribution in [0.1, 0.15) is 90.3 Å². The summed E-state index contributed by atoms with van der Waals surface area (Å²) in [6.07, 6.45) is 6.65. The standard InChI is InChI=1S/2C23H22N2O.C2H3N.4C2H4O2.4Cu.O/c2*1-18-12-21(16-24-14-19-8-4-2-5-9-19)23(26)22(13-18)17-25-15-20-10-6-3-7-11-20;1-2-3;4*1-2(3)4;;;;;/h2*2-13,16-17,26H,14-15H2,1H3;1H3;4*1H3,(H,3,4);;;;;/q;;;;;;;4*+2;-2/p-6. The van der Waals surface area contributed by atoms with Crippen LogP contribution in [0, 0.1) is 25.2 Å². The first-order valence-corrected chi connectivity index (χ1v) is 21.6. The molecule has 6 aromatic rings. The number of benzene rings is 6. The van der Waals surface area contributed by atoms with Gasteiger partial charge < -0.3 is 55.3 Å². The Hall–Kier alpha value is -6.99. The first-order chi connectivity index (χ1) is 33.8. The molecule has 0 atom stereocenters. The second-order valence-electron chi connectivity index (χ2n) is 14.6. The Morgan fingerprint density at radius 2 is 0.566 bits per heavy atom. The van der Waals surface area contributed by atoms with Gasteiger partial charge in [0.25, 0.3) is 0 Å². The van der Waals surface area contributed by atoms with Gasteiger partial charge in [0.05, 0.1) is 32.2 Å². The first-order valence-electron chi connectivity index (χ1n) is 21.6. The maximum absolute atomic E-state index is 12.6. The van der Waals surface area contributed by atoms with Gasteiger partial charge in [-0.15, -0.1) is 0 Å². The quantitative estimate of drug-likeness (QED) is 0.124. The van der Waals surface area contributed by atoms with Gasteiger partial charge in [0.1, 0.15) is 0 Å². The predicted octanol–water partition coefficient (Wildman–Crippen LogP) is 4.04. The van der Waals surface area contributed by atoms with Gasteiger partial charge >= 0.3 is 68.3 Å². The summed E-state index contributed by atoms with van der Waals surface area (Å²) < 4.78 is 0. The van der Waals surface area contributed by atoms with Gasteiger partial charge in [0, 0.05) is 55.7 Å². The number of carboxylic acids is 4. The molecule has 6 rings (SSSR count). The van der Waals surface area contributed by atoms with E-state index in [0.29, 0.717) is 48.4 Å². The summed E-state index contributed by atoms with van der Waals surface area (Å²) in [5.41, 5.74) is 8.91. The van der Waals surface area contributed by atoms with Crippen LogP contribution < -0.4 is 30.6 Å². The van der Waals surface area contributed by atoms with E-state index < -0.39 is 23.9 Å². The van der Waals surface area contributed by atoms with E-state index in [0.717, 1.165) is 61.1 Å². The summed E-state index contributed by atoms with van der Waals surface area (Å²) in [5.74, 6) is -4.41. The Labute approximate surface area is 487 Å². The molecule has 0 fully saturated rings. The van der Waals surface area contributed by atoms with Crippen molar-refractivity contribution >= 4 is 48.7 Å². The van der Waals surface area contributed by atoms with E-state index in [2.05, 4.69) is 20.0 Å². The summed E-state index contributed by atoms with van der Waals surface area (Å²) in [7, 11) is 0. The number of hydrogen-bond donors (Lipinski definition) is 0. The summed E-state index contributed by atoms with van der Waals surface area (Å²) in [5, 5.41) is 68.1. The van der Waals surface area contributed by atoms with Gasteiger partial charge in [-0.25, -0.2) is 0 Å². The molecule has 0 aliphatic heterocycles. The molecule has 0 unspecified atom stereocenters. The number of aryl methyl sites for hydroxylation is 2. The molecular weight excluding hydrogens is 1170 g/mol. The van der Waals surface area contributed by atoms with Gasteiger partial charge in [-0.1, -0.05) is 157 Å². The fourth-order valence-corrected chi connectivity index (χ4v) is 5.37. The number of carbonyl (C=O) groups excluding carboxylic acids is 4. The topological polar surface area (TPSA) is 308 Å². The van der Waals surface area contributed by atoms with Crippen molar-refractivity contribution in [1.82, 2.24) is 0 Å². The summed E-state index contributed by atoms with van der Waals surface area (Å²) in [6, 6.07) is 49.2. The third kappa shape index (κ3) is 44.5. The molecule has 0 N–H and O–H groups in total. The monoisotopic (exact) mass is 1230 g/mol. The third-order valence-electron chi connectivity index (χ3n) is 7.97. The molecule has 0 heterocycles. The number of nitrogens with zero attached hydrogens (tertiary/aromatic N) is 5. The molecule has 20 heteroatoms. The molecule has 0 bridgehead atoms. The molecule has 0 saturated heterocycles. The van der Waals surface area contributed by atoms with Crippen LogP contribution in [-0.2, 0) is 119 Å². The molecule has 6 aromatic carbocycles. The molecular formula is C56H57Cu4N5O11. The molecule has 16 nitrogen and oxygen atoms in total. The van der Waals surface area contributed by atoms with Gasteiger partial charge in [-0.05, 0) is 97.2 Å². The Morgan fingerprint density at radius 3 is 0.711 bits per heavy atom. The zero-order chi connectivity index (χ0) is 53.4. The molecule has 416 valence electrons. The second-order valence-corrected chi connectivity index (χ2v) is 14.6. The summed E-state index contributed by atoms with van der Waals surface area (Å²) in [4.78, 5) is 53.2. The zero-order valence-electron chi connectivity index (χ0n) is 42.4. The number of aliphatic imine (C=N–C) groups is 4. The Morgan fingerprint density at radius 1 is 0.421 bits per heavy atom. The van der Waals surface area contributed by atoms with Crippen LogP contribution in [-0.4, -0.2) is 48.7 Å². The Kier molecular flexibility index (Phi) is 53.1. The van der Waals surface area contributed by atoms with Crippen molar-refractivity contribution in [2.24, 2.45) is 20.0 Å². The molecule has 0 spiro atoms. The molecule has 76 heavy (non-hydrogen) atoms. The van der Waals surface area contributed by atoms with Crippen LogP contribution in [0.15, 0.2) is 166 Å². The molecule has 0 saturated carbocycles. The average Bonchev–Trinajstić information content (AvgIpc) is 3.30.